The minimum absolute atomic E-state index is 0.000484. The number of rotatable bonds is 2. The first-order valence-electron chi connectivity index (χ1n) is 5.45. The standard InChI is InChI=1S/C13H7BrN2O3/c14-10-4-2-1-3-9(10)13-15-11-7-8(16(17)18)5-6-12(11)19-13/h1-7H. The van der Waals surface area contributed by atoms with E-state index in [0.717, 1.165) is 10.0 Å². The maximum atomic E-state index is 10.7. The van der Waals surface area contributed by atoms with Crippen LogP contribution in [-0.4, -0.2) is 9.91 Å². The van der Waals surface area contributed by atoms with Crippen molar-refractivity contribution < 1.29 is 9.34 Å². The molecule has 0 N–H and O–H groups in total. The number of nitro benzene ring substituents is 1. The van der Waals surface area contributed by atoms with Crippen LogP contribution in [0.1, 0.15) is 0 Å². The summed E-state index contributed by atoms with van der Waals surface area (Å²) in [5, 5.41) is 10.7. The summed E-state index contributed by atoms with van der Waals surface area (Å²) in [6.45, 7) is 0. The Balaban J connectivity index is 2.17. The van der Waals surface area contributed by atoms with Gasteiger partial charge >= 0.3 is 0 Å². The number of aromatic nitrogens is 1. The molecule has 1 heterocycles. The van der Waals surface area contributed by atoms with Gasteiger partial charge in [-0.3, -0.25) is 10.1 Å². The van der Waals surface area contributed by atoms with Gasteiger partial charge in [-0.2, -0.15) is 0 Å². The van der Waals surface area contributed by atoms with E-state index in [0.29, 0.717) is 17.0 Å². The minimum atomic E-state index is -0.452. The monoisotopic (exact) mass is 318 g/mol. The van der Waals surface area contributed by atoms with Crippen molar-refractivity contribution in [2.45, 2.75) is 0 Å². The first kappa shape index (κ1) is 11.9. The second kappa shape index (κ2) is 4.47. The molecule has 5 nitrogen and oxygen atoms in total. The van der Waals surface area contributed by atoms with Crippen molar-refractivity contribution in [1.29, 1.82) is 0 Å². The third-order valence-electron chi connectivity index (χ3n) is 2.69. The Morgan fingerprint density at radius 1 is 1.21 bits per heavy atom. The van der Waals surface area contributed by atoms with Gasteiger partial charge in [-0.25, -0.2) is 4.98 Å². The zero-order valence-corrected chi connectivity index (χ0v) is 11.1. The molecule has 0 radical (unpaired) electrons. The molecule has 0 bridgehead atoms. The molecule has 3 aromatic rings. The van der Waals surface area contributed by atoms with Crippen LogP contribution in [0.25, 0.3) is 22.6 Å². The molecule has 3 rings (SSSR count). The van der Waals surface area contributed by atoms with Crippen LogP contribution in [0.15, 0.2) is 51.4 Å². The molecule has 0 atom stereocenters. The van der Waals surface area contributed by atoms with Crippen LogP contribution in [-0.2, 0) is 0 Å². The summed E-state index contributed by atoms with van der Waals surface area (Å²) in [6, 6.07) is 11.9. The number of halogens is 1. The third kappa shape index (κ3) is 2.10. The van der Waals surface area contributed by atoms with Crippen molar-refractivity contribution in [2.24, 2.45) is 0 Å². The third-order valence-corrected chi connectivity index (χ3v) is 3.38. The van der Waals surface area contributed by atoms with E-state index in [4.69, 9.17) is 4.42 Å². The van der Waals surface area contributed by atoms with Gasteiger partial charge in [0.1, 0.15) is 5.52 Å². The van der Waals surface area contributed by atoms with E-state index in [1.165, 1.54) is 12.1 Å². The maximum Gasteiger partial charge on any atom is 0.271 e. The molecule has 0 unspecified atom stereocenters. The Labute approximate surface area is 116 Å². The number of fused-ring (bicyclic) bond motifs is 1. The Hall–Kier alpha value is -2.21. The van der Waals surface area contributed by atoms with Crippen LogP contribution in [0.3, 0.4) is 0 Å². The molecule has 1 aromatic heterocycles. The molecule has 6 heteroatoms. The number of benzene rings is 2. The van der Waals surface area contributed by atoms with Gasteiger partial charge in [0.05, 0.1) is 10.5 Å². The van der Waals surface area contributed by atoms with Crippen molar-refractivity contribution in [2.75, 3.05) is 0 Å². The zero-order valence-electron chi connectivity index (χ0n) is 9.54. The highest BCUT2D eigenvalue weighted by Crippen LogP contribution is 2.31. The molecule has 0 saturated heterocycles. The molecule has 0 aliphatic carbocycles. The van der Waals surface area contributed by atoms with E-state index in [1.54, 1.807) is 6.07 Å². The fourth-order valence-electron chi connectivity index (χ4n) is 1.78. The lowest BCUT2D eigenvalue weighted by Gasteiger charge is -1.97. The van der Waals surface area contributed by atoms with E-state index < -0.39 is 4.92 Å². The highest BCUT2D eigenvalue weighted by molar-refractivity contribution is 9.10. The molecule has 0 saturated carbocycles. The van der Waals surface area contributed by atoms with Gasteiger partial charge < -0.3 is 4.42 Å². The summed E-state index contributed by atoms with van der Waals surface area (Å²) in [4.78, 5) is 14.5. The zero-order chi connectivity index (χ0) is 13.4. The average molecular weight is 319 g/mol. The lowest BCUT2D eigenvalue weighted by Crippen LogP contribution is -1.86. The summed E-state index contributed by atoms with van der Waals surface area (Å²) >= 11 is 3.42. The predicted molar refractivity (Wildman–Crippen MR) is 73.8 cm³/mol. The SMILES string of the molecule is O=[N+]([O-])c1ccc2oc(-c3ccccc3Br)nc2c1. The molecule has 0 fully saturated rings. The van der Waals surface area contributed by atoms with Crippen LogP contribution in [0, 0.1) is 10.1 Å². The van der Waals surface area contributed by atoms with E-state index in [-0.39, 0.29) is 5.69 Å². The highest BCUT2D eigenvalue weighted by Gasteiger charge is 2.14. The van der Waals surface area contributed by atoms with Gasteiger partial charge in [-0.05, 0) is 34.1 Å². The molecule has 0 aliphatic rings. The number of nitro groups is 1. The van der Waals surface area contributed by atoms with Crippen molar-refractivity contribution in [1.82, 2.24) is 4.98 Å². The second-order valence-corrected chi connectivity index (χ2v) is 4.76. The summed E-state index contributed by atoms with van der Waals surface area (Å²) < 4.78 is 6.46. The minimum Gasteiger partial charge on any atom is -0.436 e. The van der Waals surface area contributed by atoms with Crippen LogP contribution >= 0.6 is 15.9 Å². The quantitative estimate of drug-likeness (QED) is 0.525. The number of nitrogens with zero attached hydrogens (tertiary/aromatic N) is 2. The van der Waals surface area contributed by atoms with Gasteiger partial charge in [0, 0.05) is 16.6 Å². The first-order chi connectivity index (χ1) is 9.15. The molecule has 94 valence electrons. The summed E-state index contributed by atoms with van der Waals surface area (Å²) in [5.41, 5.74) is 1.80. The molecular weight excluding hydrogens is 312 g/mol. The molecule has 0 aliphatic heterocycles. The van der Waals surface area contributed by atoms with Crippen molar-refractivity contribution >= 4 is 32.7 Å². The number of hydrogen-bond acceptors (Lipinski definition) is 4. The molecule has 19 heavy (non-hydrogen) atoms. The highest BCUT2D eigenvalue weighted by atomic mass is 79.9. The van der Waals surface area contributed by atoms with E-state index in [9.17, 15) is 10.1 Å². The number of hydrogen-bond donors (Lipinski definition) is 0. The normalized spacial score (nSPS) is 10.8. The Kier molecular flexibility index (Phi) is 2.79. The van der Waals surface area contributed by atoms with Crippen molar-refractivity contribution in [3.63, 3.8) is 0 Å². The lowest BCUT2D eigenvalue weighted by molar-refractivity contribution is -0.384. The van der Waals surface area contributed by atoms with Crippen LogP contribution in [0.2, 0.25) is 0 Å². The average Bonchev–Trinajstić information content (AvgIpc) is 2.81. The number of non-ortho nitro benzene ring substituents is 1. The van der Waals surface area contributed by atoms with Gasteiger partial charge in [-0.15, -0.1) is 0 Å². The fourth-order valence-corrected chi connectivity index (χ4v) is 2.23. The van der Waals surface area contributed by atoms with Crippen LogP contribution in [0.5, 0.6) is 0 Å². The smallest absolute Gasteiger partial charge is 0.271 e. The van der Waals surface area contributed by atoms with E-state index >= 15 is 0 Å². The number of oxazole rings is 1. The first-order valence-corrected chi connectivity index (χ1v) is 6.24. The largest absolute Gasteiger partial charge is 0.436 e. The maximum absolute atomic E-state index is 10.7. The Bertz CT molecular complexity index is 782. The molecule has 0 spiro atoms. The van der Waals surface area contributed by atoms with Gasteiger partial charge in [-0.1, -0.05) is 12.1 Å². The summed E-state index contributed by atoms with van der Waals surface area (Å²) in [5.74, 6) is 0.433. The molecule has 2 aromatic carbocycles. The lowest BCUT2D eigenvalue weighted by atomic mass is 10.2. The van der Waals surface area contributed by atoms with Gasteiger partial charge in [0.2, 0.25) is 5.89 Å². The fraction of sp³-hybridized carbons (Fsp3) is 0. The molecule has 0 amide bonds. The van der Waals surface area contributed by atoms with Crippen molar-refractivity contribution in [3.8, 4) is 11.5 Å². The molecular formula is C13H7BrN2O3. The van der Waals surface area contributed by atoms with Gasteiger partial charge in [0.15, 0.2) is 5.58 Å². The van der Waals surface area contributed by atoms with Crippen molar-refractivity contribution in [3.05, 3.63) is 57.1 Å². The van der Waals surface area contributed by atoms with Crippen LogP contribution in [0.4, 0.5) is 5.69 Å². The van der Waals surface area contributed by atoms with E-state index in [1.807, 2.05) is 24.3 Å². The predicted octanol–water partition coefficient (Wildman–Crippen LogP) is 4.17. The van der Waals surface area contributed by atoms with Gasteiger partial charge in [0.25, 0.3) is 5.69 Å². The Morgan fingerprint density at radius 2 is 2.00 bits per heavy atom. The van der Waals surface area contributed by atoms with Crippen LogP contribution < -0.4 is 0 Å². The summed E-state index contributed by atoms with van der Waals surface area (Å²) in [7, 11) is 0. The topological polar surface area (TPSA) is 69.2 Å². The summed E-state index contributed by atoms with van der Waals surface area (Å²) in [6.07, 6.45) is 0. The van der Waals surface area contributed by atoms with E-state index in [2.05, 4.69) is 20.9 Å². The Morgan fingerprint density at radius 3 is 2.74 bits per heavy atom. The second-order valence-electron chi connectivity index (χ2n) is 3.91.